The zero-order chi connectivity index (χ0) is 22.7. The molecule has 6 nitrogen and oxygen atoms in total. The standard InChI is InChI=1S/C18H18F6N2O4/c1-2-30-14(27)9-11-3-5-12(6-4-11)26(16(29)18(22,23)24)13-7-8-25(10-13)15(28)17(19,20)21/h3-6,13H,2,7-10H2,1H3/t13-/m1/s1. The molecule has 0 radical (unpaired) electrons. The van der Waals surface area contributed by atoms with Crippen LogP contribution in [0.25, 0.3) is 0 Å². The molecule has 1 aromatic rings. The normalized spacial score (nSPS) is 17.0. The molecule has 0 aromatic heterocycles. The highest BCUT2D eigenvalue weighted by Crippen LogP contribution is 2.31. The second-order valence-corrected chi connectivity index (χ2v) is 6.51. The number of carbonyl (C=O) groups excluding carboxylic acids is 3. The minimum Gasteiger partial charge on any atom is -0.466 e. The number of nitrogens with zero attached hydrogens (tertiary/aromatic N) is 2. The van der Waals surface area contributed by atoms with Gasteiger partial charge in [0.25, 0.3) is 0 Å². The van der Waals surface area contributed by atoms with Gasteiger partial charge in [-0.1, -0.05) is 12.1 Å². The average molecular weight is 440 g/mol. The monoisotopic (exact) mass is 440 g/mol. The molecule has 1 fully saturated rings. The van der Waals surface area contributed by atoms with E-state index in [9.17, 15) is 40.7 Å². The Kier molecular flexibility index (Phi) is 6.99. The van der Waals surface area contributed by atoms with Crippen LogP contribution in [-0.2, 0) is 25.5 Å². The Labute approximate surface area is 167 Å². The van der Waals surface area contributed by atoms with E-state index in [1.807, 2.05) is 0 Å². The second kappa shape index (κ2) is 8.92. The number of ether oxygens (including phenoxy) is 1. The van der Waals surface area contributed by atoms with Crippen LogP contribution in [0.1, 0.15) is 18.9 Å². The molecule has 0 saturated carbocycles. The molecule has 166 valence electrons. The van der Waals surface area contributed by atoms with Crippen molar-refractivity contribution in [2.45, 2.75) is 38.2 Å². The van der Waals surface area contributed by atoms with Crippen molar-refractivity contribution in [2.75, 3.05) is 24.6 Å². The van der Waals surface area contributed by atoms with Crippen LogP contribution in [0.5, 0.6) is 0 Å². The van der Waals surface area contributed by atoms with E-state index >= 15 is 0 Å². The molecular formula is C18H18F6N2O4. The van der Waals surface area contributed by atoms with Crippen LogP contribution in [-0.4, -0.2) is 60.8 Å². The number of alkyl halides is 6. The molecule has 1 aliphatic rings. The molecule has 0 N–H and O–H groups in total. The van der Waals surface area contributed by atoms with E-state index in [1.54, 1.807) is 6.92 Å². The maximum Gasteiger partial charge on any atom is 0.471 e. The van der Waals surface area contributed by atoms with Gasteiger partial charge >= 0.3 is 30.1 Å². The van der Waals surface area contributed by atoms with Crippen LogP contribution in [0.4, 0.5) is 32.0 Å². The predicted octanol–water partition coefficient (Wildman–Crippen LogP) is 2.85. The van der Waals surface area contributed by atoms with Crippen molar-refractivity contribution in [2.24, 2.45) is 0 Å². The van der Waals surface area contributed by atoms with Gasteiger partial charge in [-0.25, -0.2) is 0 Å². The van der Waals surface area contributed by atoms with Crippen molar-refractivity contribution in [1.29, 1.82) is 0 Å². The number of benzene rings is 1. The third kappa shape index (κ3) is 5.63. The average Bonchev–Trinajstić information content (AvgIpc) is 3.10. The first-order valence-electron chi connectivity index (χ1n) is 8.85. The number of esters is 1. The molecule has 1 heterocycles. The number of hydrogen-bond acceptors (Lipinski definition) is 4. The molecule has 1 atom stereocenters. The summed E-state index contributed by atoms with van der Waals surface area (Å²) in [6.45, 7) is 0.631. The molecule has 0 unspecified atom stereocenters. The Morgan fingerprint density at radius 1 is 1.07 bits per heavy atom. The van der Waals surface area contributed by atoms with Crippen LogP contribution in [0.15, 0.2) is 24.3 Å². The lowest BCUT2D eigenvalue weighted by molar-refractivity contribution is -0.184. The second-order valence-electron chi connectivity index (χ2n) is 6.51. The Bertz CT molecular complexity index is 791. The molecule has 30 heavy (non-hydrogen) atoms. The van der Waals surface area contributed by atoms with Crippen LogP contribution in [0, 0.1) is 0 Å². The quantitative estimate of drug-likeness (QED) is 0.522. The third-order valence-electron chi connectivity index (χ3n) is 4.39. The highest BCUT2D eigenvalue weighted by Gasteiger charge is 2.49. The first kappa shape index (κ1) is 23.5. The summed E-state index contributed by atoms with van der Waals surface area (Å²) in [6.07, 6.45) is -10.8. The van der Waals surface area contributed by atoms with E-state index < -0.39 is 49.3 Å². The Morgan fingerprint density at radius 3 is 2.17 bits per heavy atom. The summed E-state index contributed by atoms with van der Waals surface area (Å²) in [6, 6.07) is 3.66. The van der Waals surface area contributed by atoms with E-state index in [0.29, 0.717) is 15.4 Å². The van der Waals surface area contributed by atoms with Crippen LogP contribution >= 0.6 is 0 Å². The van der Waals surface area contributed by atoms with Gasteiger partial charge in [0.1, 0.15) is 0 Å². The highest BCUT2D eigenvalue weighted by molar-refractivity contribution is 5.98. The smallest absolute Gasteiger partial charge is 0.466 e. The first-order chi connectivity index (χ1) is 13.8. The number of carbonyl (C=O) groups is 3. The molecule has 1 aromatic carbocycles. The van der Waals surface area contributed by atoms with Crippen molar-refractivity contribution in [3.8, 4) is 0 Å². The molecule has 0 bridgehead atoms. The van der Waals surface area contributed by atoms with E-state index in [2.05, 4.69) is 0 Å². The minimum absolute atomic E-state index is 0.140. The number of hydrogen-bond donors (Lipinski definition) is 0. The summed E-state index contributed by atoms with van der Waals surface area (Å²) in [5.41, 5.74) is 0.202. The van der Waals surface area contributed by atoms with Gasteiger partial charge < -0.3 is 9.64 Å². The highest BCUT2D eigenvalue weighted by atomic mass is 19.4. The van der Waals surface area contributed by atoms with Crippen molar-refractivity contribution in [3.63, 3.8) is 0 Å². The Morgan fingerprint density at radius 2 is 1.67 bits per heavy atom. The lowest BCUT2D eigenvalue weighted by Gasteiger charge is -2.30. The first-order valence-corrected chi connectivity index (χ1v) is 8.85. The zero-order valence-electron chi connectivity index (χ0n) is 15.7. The topological polar surface area (TPSA) is 66.9 Å². The van der Waals surface area contributed by atoms with Crippen LogP contribution < -0.4 is 4.90 Å². The van der Waals surface area contributed by atoms with Gasteiger partial charge in [0.05, 0.1) is 19.1 Å². The molecule has 1 saturated heterocycles. The summed E-state index contributed by atoms with van der Waals surface area (Å²) in [5.74, 6) is -4.98. The van der Waals surface area contributed by atoms with E-state index in [4.69, 9.17) is 4.74 Å². The van der Waals surface area contributed by atoms with Crippen molar-refractivity contribution in [1.82, 2.24) is 4.90 Å². The largest absolute Gasteiger partial charge is 0.471 e. The fourth-order valence-corrected chi connectivity index (χ4v) is 3.10. The SMILES string of the molecule is CCOC(=O)Cc1ccc(N(C(=O)C(F)(F)F)[C@@H]2CCN(C(=O)C(F)(F)F)C2)cc1. The summed E-state index contributed by atoms with van der Waals surface area (Å²) < 4.78 is 81.9. The third-order valence-corrected chi connectivity index (χ3v) is 4.39. The van der Waals surface area contributed by atoms with E-state index in [1.165, 1.54) is 12.1 Å². The Hall–Kier alpha value is -2.79. The molecule has 1 aliphatic heterocycles. The van der Waals surface area contributed by atoms with Crippen molar-refractivity contribution in [3.05, 3.63) is 29.8 Å². The number of likely N-dealkylation sites (tertiary alicyclic amines) is 1. The van der Waals surface area contributed by atoms with Gasteiger partial charge in [0, 0.05) is 18.8 Å². The van der Waals surface area contributed by atoms with Crippen molar-refractivity contribution >= 4 is 23.5 Å². The van der Waals surface area contributed by atoms with Gasteiger partial charge in [0.15, 0.2) is 0 Å². The van der Waals surface area contributed by atoms with E-state index in [-0.39, 0.29) is 25.1 Å². The number of amides is 2. The lowest BCUT2D eigenvalue weighted by Crippen LogP contribution is -2.49. The van der Waals surface area contributed by atoms with Gasteiger partial charge in [-0.2, -0.15) is 26.3 Å². The zero-order valence-corrected chi connectivity index (χ0v) is 15.7. The maximum absolute atomic E-state index is 13.1. The van der Waals surface area contributed by atoms with Crippen molar-refractivity contribution < 1.29 is 45.5 Å². The fourth-order valence-electron chi connectivity index (χ4n) is 3.10. The summed E-state index contributed by atoms with van der Waals surface area (Å²) in [5, 5.41) is 0. The van der Waals surface area contributed by atoms with Gasteiger partial charge in [0.2, 0.25) is 0 Å². The number of rotatable bonds is 5. The summed E-state index contributed by atoms with van der Waals surface area (Å²) in [7, 11) is 0. The Balaban J connectivity index is 2.26. The van der Waals surface area contributed by atoms with Gasteiger partial charge in [-0.05, 0) is 31.0 Å². The molecule has 0 aliphatic carbocycles. The molecule has 12 heteroatoms. The molecule has 2 rings (SSSR count). The van der Waals surface area contributed by atoms with Gasteiger partial charge in [-0.15, -0.1) is 0 Å². The summed E-state index contributed by atoms with van der Waals surface area (Å²) >= 11 is 0. The van der Waals surface area contributed by atoms with Crippen LogP contribution in [0.3, 0.4) is 0 Å². The molecule has 2 amide bonds. The maximum atomic E-state index is 13.1. The molecule has 0 spiro atoms. The van der Waals surface area contributed by atoms with E-state index in [0.717, 1.165) is 12.1 Å². The lowest BCUT2D eigenvalue weighted by atomic mass is 10.1. The number of anilines is 1. The van der Waals surface area contributed by atoms with Gasteiger partial charge in [-0.3, -0.25) is 19.3 Å². The fraction of sp³-hybridized carbons (Fsp3) is 0.500. The summed E-state index contributed by atoms with van der Waals surface area (Å²) in [4.78, 5) is 35.6. The minimum atomic E-state index is -5.27. The predicted molar refractivity (Wildman–Crippen MR) is 91.4 cm³/mol. The number of halogens is 6. The van der Waals surface area contributed by atoms with Crippen LogP contribution in [0.2, 0.25) is 0 Å². The molecular weight excluding hydrogens is 422 g/mol.